The van der Waals surface area contributed by atoms with Gasteiger partial charge < -0.3 is 18.8 Å². The van der Waals surface area contributed by atoms with Gasteiger partial charge in [-0.1, -0.05) is 55.3 Å². The number of piperazine rings is 1. The smallest absolute Gasteiger partial charge is 0.403 e. The highest BCUT2D eigenvalue weighted by Crippen LogP contribution is 2.35. The molecule has 2 aromatic carbocycles. The third-order valence-electron chi connectivity index (χ3n) is 6.49. The monoisotopic (exact) mass is 514 g/mol. The van der Waals surface area contributed by atoms with Crippen LogP contribution in [-0.4, -0.2) is 45.9 Å². The molecule has 11 heteroatoms. The summed E-state index contributed by atoms with van der Waals surface area (Å²) in [5.74, 6) is 0.0982. The minimum absolute atomic E-state index is 0.0673. The summed E-state index contributed by atoms with van der Waals surface area (Å²) in [6, 6.07) is 13.0. The SMILES string of the molecule is CC(C)c1ccccc1-c1cccc(-c2nnc(N3CCN(c4nc(C(F)(F)F)cn4C)CC3)o2)c1F. The van der Waals surface area contributed by atoms with Crippen LogP contribution in [0.2, 0.25) is 0 Å². The van der Waals surface area contributed by atoms with E-state index in [0.717, 1.165) is 17.3 Å². The van der Waals surface area contributed by atoms with Crippen molar-refractivity contribution < 1.29 is 22.0 Å². The maximum Gasteiger partial charge on any atom is 0.434 e. The number of imidazole rings is 1. The van der Waals surface area contributed by atoms with E-state index >= 15 is 4.39 Å². The summed E-state index contributed by atoms with van der Waals surface area (Å²) in [5.41, 5.74) is 1.60. The van der Waals surface area contributed by atoms with Crippen molar-refractivity contribution in [2.24, 2.45) is 7.05 Å². The van der Waals surface area contributed by atoms with Crippen LogP contribution in [0, 0.1) is 5.82 Å². The fraction of sp³-hybridized carbons (Fsp3) is 0.346. The predicted molar refractivity (Wildman–Crippen MR) is 132 cm³/mol. The molecule has 7 nitrogen and oxygen atoms in total. The van der Waals surface area contributed by atoms with E-state index in [0.29, 0.717) is 31.7 Å². The lowest BCUT2D eigenvalue weighted by Crippen LogP contribution is -2.47. The van der Waals surface area contributed by atoms with Gasteiger partial charge in [-0.05, 0) is 23.1 Å². The average molecular weight is 515 g/mol. The number of halogens is 4. The van der Waals surface area contributed by atoms with Crippen LogP contribution in [0.1, 0.15) is 31.0 Å². The molecule has 4 aromatic rings. The van der Waals surface area contributed by atoms with Gasteiger partial charge in [0.25, 0.3) is 5.89 Å². The largest absolute Gasteiger partial charge is 0.434 e. The van der Waals surface area contributed by atoms with Crippen molar-refractivity contribution in [2.45, 2.75) is 25.9 Å². The molecule has 0 atom stereocenters. The third-order valence-corrected chi connectivity index (χ3v) is 6.49. The summed E-state index contributed by atoms with van der Waals surface area (Å²) in [6.45, 7) is 5.81. The summed E-state index contributed by atoms with van der Waals surface area (Å²) in [4.78, 5) is 7.36. The van der Waals surface area contributed by atoms with Gasteiger partial charge in [-0.15, -0.1) is 5.10 Å². The summed E-state index contributed by atoms with van der Waals surface area (Å²) in [6.07, 6.45) is -3.52. The van der Waals surface area contributed by atoms with Crippen LogP contribution in [0.3, 0.4) is 0 Å². The highest BCUT2D eigenvalue weighted by Gasteiger charge is 2.35. The van der Waals surface area contributed by atoms with E-state index in [1.54, 1.807) is 23.1 Å². The maximum atomic E-state index is 15.7. The number of hydrogen-bond donors (Lipinski definition) is 0. The zero-order valence-electron chi connectivity index (χ0n) is 20.6. The van der Waals surface area contributed by atoms with Crippen molar-refractivity contribution in [3.8, 4) is 22.6 Å². The Hall–Kier alpha value is -3.89. The molecule has 3 heterocycles. The highest BCUT2D eigenvalue weighted by atomic mass is 19.4. The van der Waals surface area contributed by atoms with Crippen molar-refractivity contribution in [1.82, 2.24) is 19.7 Å². The molecule has 2 aromatic heterocycles. The minimum Gasteiger partial charge on any atom is -0.403 e. The number of nitrogens with zero attached hydrogens (tertiary/aromatic N) is 6. The number of rotatable bonds is 5. The number of anilines is 2. The molecule has 0 bridgehead atoms. The van der Waals surface area contributed by atoms with Crippen LogP contribution >= 0.6 is 0 Å². The molecule has 1 aliphatic rings. The van der Waals surface area contributed by atoms with Crippen LogP contribution < -0.4 is 9.80 Å². The number of hydrogen-bond acceptors (Lipinski definition) is 6. The molecule has 0 saturated carbocycles. The molecule has 1 fully saturated rings. The number of alkyl halides is 3. The molecule has 1 aliphatic heterocycles. The van der Waals surface area contributed by atoms with Crippen molar-refractivity contribution in [1.29, 1.82) is 0 Å². The van der Waals surface area contributed by atoms with Crippen molar-refractivity contribution in [2.75, 3.05) is 36.0 Å². The van der Waals surface area contributed by atoms with Gasteiger partial charge in [-0.3, -0.25) is 0 Å². The van der Waals surface area contributed by atoms with Gasteiger partial charge in [0.15, 0.2) is 5.69 Å². The molecule has 0 amide bonds. The Morgan fingerprint density at radius 2 is 1.51 bits per heavy atom. The van der Waals surface area contributed by atoms with Gasteiger partial charge in [0.1, 0.15) is 5.82 Å². The summed E-state index contributed by atoms with van der Waals surface area (Å²) >= 11 is 0. The van der Waals surface area contributed by atoms with Crippen molar-refractivity contribution in [3.05, 3.63) is 65.7 Å². The molecule has 194 valence electrons. The molecule has 0 N–H and O–H groups in total. The van der Waals surface area contributed by atoms with Gasteiger partial charge in [0.2, 0.25) is 5.95 Å². The fourth-order valence-corrected chi connectivity index (χ4v) is 4.59. The fourth-order valence-electron chi connectivity index (χ4n) is 4.59. The standard InChI is InChI=1S/C26H26F4N6O/c1-16(2)17-7-4-5-8-18(17)19-9-6-10-20(22(19)27)23-32-33-25(37-23)36-13-11-35(12-14-36)24-31-21(15-34(24)3)26(28,29)30/h4-10,15-16H,11-14H2,1-3H3. The zero-order chi connectivity index (χ0) is 26.3. The van der Waals surface area contributed by atoms with Crippen LogP contribution in [0.25, 0.3) is 22.6 Å². The topological polar surface area (TPSA) is 63.2 Å². The third kappa shape index (κ3) is 4.77. The number of aromatic nitrogens is 4. The van der Waals surface area contributed by atoms with Gasteiger partial charge >= 0.3 is 12.2 Å². The Morgan fingerprint density at radius 3 is 2.19 bits per heavy atom. The first-order valence-corrected chi connectivity index (χ1v) is 12.0. The van der Waals surface area contributed by atoms with E-state index < -0.39 is 17.7 Å². The Morgan fingerprint density at radius 1 is 0.865 bits per heavy atom. The molecule has 0 spiro atoms. The van der Waals surface area contributed by atoms with Crippen LogP contribution in [0.4, 0.5) is 29.5 Å². The minimum atomic E-state index is -4.50. The first-order chi connectivity index (χ1) is 17.6. The Labute approximate surface area is 211 Å². The highest BCUT2D eigenvalue weighted by molar-refractivity contribution is 5.73. The maximum absolute atomic E-state index is 15.7. The second kappa shape index (κ2) is 9.53. The molecule has 0 radical (unpaired) electrons. The lowest BCUT2D eigenvalue weighted by Gasteiger charge is -2.34. The lowest BCUT2D eigenvalue weighted by molar-refractivity contribution is -0.140. The van der Waals surface area contributed by atoms with Gasteiger partial charge in [0.05, 0.1) is 5.56 Å². The summed E-state index contributed by atoms with van der Waals surface area (Å²) in [5, 5.41) is 8.19. The molecular formula is C26H26F4N6O. The molecule has 0 aliphatic carbocycles. The number of aryl methyl sites for hydroxylation is 1. The van der Waals surface area contributed by atoms with E-state index in [2.05, 4.69) is 29.0 Å². The van der Waals surface area contributed by atoms with Crippen LogP contribution in [0.5, 0.6) is 0 Å². The molecular weight excluding hydrogens is 488 g/mol. The van der Waals surface area contributed by atoms with Crippen LogP contribution in [-0.2, 0) is 13.2 Å². The first-order valence-electron chi connectivity index (χ1n) is 12.0. The van der Waals surface area contributed by atoms with Gasteiger partial charge in [0, 0.05) is 45.0 Å². The summed E-state index contributed by atoms with van der Waals surface area (Å²) < 4.78 is 61.9. The van der Waals surface area contributed by atoms with Crippen molar-refractivity contribution in [3.63, 3.8) is 0 Å². The predicted octanol–water partition coefficient (Wildman–Crippen LogP) is 5.75. The molecule has 37 heavy (non-hydrogen) atoms. The second-order valence-corrected chi connectivity index (χ2v) is 9.31. The zero-order valence-corrected chi connectivity index (χ0v) is 20.6. The first kappa shape index (κ1) is 24.8. The van der Waals surface area contributed by atoms with E-state index in [-0.39, 0.29) is 29.3 Å². The van der Waals surface area contributed by atoms with Gasteiger partial charge in [-0.2, -0.15) is 13.2 Å². The molecule has 0 unspecified atom stereocenters. The quantitative estimate of drug-likeness (QED) is 0.316. The van der Waals surface area contributed by atoms with E-state index in [9.17, 15) is 13.2 Å². The van der Waals surface area contributed by atoms with Crippen LogP contribution in [0.15, 0.2) is 53.1 Å². The summed E-state index contributed by atoms with van der Waals surface area (Å²) in [7, 11) is 1.54. The van der Waals surface area contributed by atoms with E-state index in [1.165, 1.54) is 11.6 Å². The Bertz CT molecular complexity index is 1400. The normalized spacial score (nSPS) is 14.6. The Kier molecular flexibility index (Phi) is 6.38. The average Bonchev–Trinajstić information content (AvgIpc) is 3.51. The lowest BCUT2D eigenvalue weighted by atomic mass is 9.91. The number of benzene rings is 2. The van der Waals surface area contributed by atoms with Crippen molar-refractivity contribution >= 4 is 12.0 Å². The molecule has 5 rings (SSSR count). The Balaban J connectivity index is 1.34. The molecule has 1 saturated heterocycles. The van der Waals surface area contributed by atoms with E-state index in [1.807, 2.05) is 29.2 Å². The van der Waals surface area contributed by atoms with E-state index in [4.69, 9.17) is 4.42 Å². The second-order valence-electron chi connectivity index (χ2n) is 9.31. The van der Waals surface area contributed by atoms with Gasteiger partial charge in [-0.25, -0.2) is 9.37 Å².